The van der Waals surface area contributed by atoms with Crippen LogP contribution in [0.15, 0.2) is 12.2 Å². The van der Waals surface area contributed by atoms with Crippen LogP contribution >= 0.6 is 0 Å². The van der Waals surface area contributed by atoms with Gasteiger partial charge in [0.05, 0.1) is 12.5 Å². The van der Waals surface area contributed by atoms with E-state index in [1.165, 1.54) is 13.8 Å². The molecular formula is C15H27NO5. The van der Waals surface area contributed by atoms with E-state index in [1.807, 2.05) is 6.92 Å². The van der Waals surface area contributed by atoms with Crippen molar-refractivity contribution >= 4 is 11.9 Å². The number of aliphatic hydroxyl groups excluding tert-OH is 1. The largest absolute Gasteiger partial charge is 0.544 e. The lowest BCUT2D eigenvalue weighted by molar-refractivity contribution is -0.972. The highest BCUT2D eigenvalue weighted by atomic mass is 16.4. The lowest BCUT2D eigenvalue weighted by atomic mass is 10.1. The normalized spacial score (nSPS) is 17.3. The van der Waals surface area contributed by atoms with E-state index in [0.717, 1.165) is 19.3 Å². The van der Waals surface area contributed by atoms with Gasteiger partial charge < -0.3 is 20.1 Å². The Morgan fingerprint density at radius 1 is 1.19 bits per heavy atom. The van der Waals surface area contributed by atoms with Crippen molar-refractivity contribution in [2.45, 2.75) is 58.5 Å². The molecule has 0 aromatic carbocycles. The van der Waals surface area contributed by atoms with E-state index in [0.29, 0.717) is 13.0 Å². The van der Waals surface area contributed by atoms with Crippen LogP contribution in [0.4, 0.5) is 0 Å². The molecule has 2 N–H and O–H groups in total. The molecule has 3 atom stereocenters. The van der Waals surface area contributed by atoms with Crippen LogP contribution in [-0.4, -0.2) is 52.0 Å². The molecule has 0 heterocycles. The zero-order valence-electron chi connectivity index (χ0n) is 13.1. The van der Waals surface area contributed by atoms with Crippen molar-refractivity contribution in [2.24, 2.45) is 0 Å². The van der Waals surface area contributed by atoms with E-state index >= 15 is 0 Å². The molecule has 0 aliphatic heterocycles. The van der Waals surface area contributed by atoms with Crippen molar-refractivity contribution in [1.82, 2.24) is 0 Å². The molecule has 0 saturated heterocycles. The Kier molecular flexibility index (Phi) is 8.89. The highest BCUT2D eigenvalue weighted by Gasteiger charge is 2.43. The second kappa shape index (κ2) is 9.52. The number of carbonyl (C=O) groups excluding carboxylic acids is 1. The van der Waals surface area contributed by atoms with Crippen LogP contribution in [-0.2, 0) is 9.59 Å². The van der Waals surface area contributed by atoms with Crippen LogP contribution in [0.1, 0.15) is 46.5 Å². The molecule has 0 saturated carbocycles. The molecule has 122 valence electrons. The number of unbranched alkanes of at least 4 members (excludes halogenated alkanes) is 2. The molecule has 0 aromatic rings. The van der Waals surface area contributed by atoms with Crippen LogP contribution in [0.2, 0.25) is 0 Å². The summed E-state index contributed by atoms with van der Waals surface area (Å²) < 4.78 is -0.408. The number of carboxylic acids is 2. The Labute approximate surface area is 126 Å². The number of hydrogen-bond donors (Lipinski definition) is 2. The quantitative estimate of drug-likeness (QED) is 0.251. The van der Waals surface area contributed by atoms with E-state index in [4.69, 9.17) is 0 Å². The molecule has 0 fully saturated rings. The molecule has 0 aromatic heterocycles. The number of nitrogens with zero attached hydrogens (tertiary/aromatic N) is 1. The summed E-state index contributed by atoms with van der Waals surface area (Å²) in [6.45, 7) is 4.61. The van der Waals surface area contributed by atoms with Crippen molar-refractivity contribution in [3.8, 4) is 0 Å². The number of quaternary nitrogens is 1. The van der Waals surface area contributed by atoms with Gasteiger partial charge in [-0.25, -0.2) is 4.79 Å². The Bertz CT molecular complexity index is 347. The van der Waals surface area contributed by atoms with Gasteiger partial charge in [0.2, 0.25) is 0 Å². The Hall–Kier alpha value is -1.40. The fourth-order valence-electron chi connectivity index (χ4n) is 2.42. The molecule has 0 aliphatic carbocycles. The molecule has 0 radical (unpaired) electrons. The summed E-state index contributed by atoms with van der Waals surface area (Å²) in [6.07, 6.45) is 7.40. The van der Waals surface area contributed by atoms with Crippen molar-refractivity contribution in [1.29, 1.82) is 0 Å². The number of allylic oxidation sites excluding steroid dienone is 2. The number of aliphatic carboxylic acids is 2. The van der Waals surface area contributed by atoms with Crippen molar-refractivity contribution in [3.63, 3.8) is 0 Å². The molecule has 6 heteroatoms. The second-order valence-electron chi connectivity index (χ2n) is 5.35. The summed E-state index contributed by atoms with van der Waals surface area (Å²) in [6, 6.07) is -2.08. The summed E-state index contributed by atoms with van der Waals surface area (Å²) in [5, 5.41) is 30.0. The molecular weight excluding hydrogens is 274 g/mol. The average molecular weight is 301 g/mol. The van der Waals surface area contributed by atoms with Crippen LogP contribution in [0.3, 0.4) is 0 Å². The minimum Gasteiger partial charge on any atom is -0.544 e. The summed E-state index contributed by atoms with van der Waals surface area (Å²) in [5.74, 6) is -2.47. The highest BCUT2D eigenvalue weighted by Crippen LogP contribution is 2.21. The molecule has 0 aliphatic rings. The van der Waals surface area contributed by atoms with E-state index in [1.54, 1.807) is 0 Å². The van der Waals surface area contributed by atoms with Gasteiger partial charge in [-0.1, -0.05) is 19.1 Å². The molecule has 0 bridgehead atoms. The van der Waals surface area contributed by atoms with Gasteiger partial charge in [0.15, 0.2) is 12.8 Å². The van der Waals surface area contributed by atoms with E-state index in [-0.39, 0.29) is 0 Å². The number of carboxylic acid groups (broad SMARTS) is 2. The average Bonchev–Trinajstić information content (AvgIpc) is 2.45. The third-order valence-corrected chi connectivity index (χ3v) is 4.10. The van der Waals surface area contributed by atoms with Crippen LogP contribution in [0.25, 0.3) is 0 Å². The third kappa shape index (κ3) is 5.47. The molecule has 0 spiro atoms. The molecule has 21 heavy (non-hydrogen) atoms. The first-order valence-corrected chi connectivity index (χ1v) is 7.39. The van der Waals surface area contributed by atoms with E-state index < -0.39 is 35.2 Å². The smallest absolute Gasteiger partial charge is 0.362 e. The summed E-state index contributed by atoms with van der Waals surface area (Å²) in [5.41, 5.74) is 0. The highest BCUT2D eigenvalue weighted by molar-refractivity contribution is 5.73. The van der Waals surface area contributed by atoms with Gasteiger partial charge in [-0.15, -0.1) is 0 Å². The van der Waals surface area contributed by atoms with Crippen LogP contribution < -0.4 is 5.11 Å². The van der Waals surface area contributed by atoms with Gasteiger partial charge in [-0.05, 0) is 39.5 Å². The zero-order valence-corrected chi connectivity index (χ0v) is 13.1. The maximum Gasteiger partial charge on any atom is 0.362 e. The Morgan fingerprint density at radius 2 is 1.81 bits per heavy atom. The fourth-order valence-corrected chi connectivity index (χ4v) is 2.42. The maximum absolute atomic E-state index is 11.3. The van der Waals surface area contributed by atoms with Crippen molar-refractivity contribution in [3.05, 3.63) is 12.2 Å². The minimum absolute atomic E-state index is 0.291. The lowest BCUT2D eigenvalue weighted by Gasteiger charge is -2.45. The summed E-state index contributed by atoms with van der Waals surface area (Å²) >= 11 is 0. The fraction of sp³-hybridized carbons (Fsp3) is 0.733. The van der Waals surface area contributed by atoms with Gasteiger partial charge in [-0.2, -0.15) is 0 Å². The van der Waals surface area contributed by atoms with Crippen LogP contribution in [0.5, 0.6) is 0 Å². The van der Waals surface area contributed by atoms with Crippen LogP contribution in [0, 0.1) is 0 Å². The topological polar surface area (TPSA) is 97.7 Å². The number of carbonyl (C=O) groups is 2. The van der Waals surface area contributed by atoms with E-state index in [2.05, 4.69) is 12.2 Å². The van der Waals surface area contributed by atoms with Crippen molar-refractivity contribution < 1.29 is 29.4 Å². The predicted octanol–water partition coefficient (Wildman–Crippen LogP) is 0.501. The molecule has 6 nitrogen and oxygen atoms in total. The Balaban J connectivity index is 4.91. The Morgan fingerprint density at radius 3 is 2.24 bits per heavy atom. The van der Waals surface area contributed by atoms with Gasteiger partial charge in [0.25, 0.3) is 0 Å². The van der Waals surface area contributed by atoms with Crippen molar-refractivity contribution in [2.75, 3.05) is 13.3 Å². The first-order valence-electron chi connectivity index (χ1n) is 7.39. The first-order chi connectivity index (χ1) is 9.83. The number of rotatable bonds is 11. The maximum atomic E-state index is 11.3. The minimum atomic E-state index is -1.34. The van der Waals surface area contributed by atoms with Gasteiger partial charge in [0, 0.05) is 0 Å². The lowest BCUT2D eigenvalue weighted by Crippen LogP contribution is -2.67. The summed E-state index contributed by atoms with van der Waals surface area (Å²) in [4.78, 5) is 22.4. The molecule has 0 amide bonds. The van der Waals surface area contributed by atoms with E-state index in [9.17, 15) is 24.9 Å². The number of aliphatic hydroxyl groups is 1. The monoisotopic (exact) mass is 301 g/mol. The number of hydrogen-bond acceptors (Lipinski definition) is 4. The standard InChI is InChI=1S/C15H27NO5/c1-4-5-6-7-8-9-10-16(11-17,12(2)14(18)19)13(3)15(20)21/h5-6,12-13,17H,4,7-11H2,1-3H3,(H-,18,19,20,21)/b6-5+. The van der Waals surface area contributed by atoms with Gasteiger partial charge in [0.1, 0.15) is 6.04 Å². The SMILES string of the molecule is CC/C=C/CCCC[N+](CO)(C(C)C(=O)[O-])C(C)C(=O)O. The molecule has 3 unspecified atom stereocenters. The van der Waals surface area contributed by atoms with Gasteiger partial charge >= 0.3 is 5.97 Å². The van der Waals surface area contributed by atoms with Gasteiger partial charge in [-0.3, -0.25) is 4.48 Å². The predicted molar refractivity (Wildman–Crippen MR) is 77.1 cm³/mol. The molecule has 0 rings (SSSR count). The second-order valence-corrected chi connectivity index (χ2v) is 5.35. The first kappa shape index (κ1) is 19.6. The summed E-state index contributed by atoms with van der Waals surface area (Å²) in [7, 11) is 0. The zero-order chi connectivity index (χ0) is 16.5. The third-order valence-electron chi connectivity index (χ3n) is 4.10.